The van der Waals surface area contributed by atoms with Crippen LogP contribution in [0.4, 0.5) is 13.2 Å². The summed E-state index contributed by atoms with van der Waals surface area (Å²) in [5.41, 5.74) is 0.550. The smallest absolute Gasteiger partial charge is 0.416 e. The molecule has 0 bridgehead atoms. The van der Waals surface area contributed by atoms with Crippen LogP contribution in [-0.4, -0.2) is 13.2 Å². The summed E-state index contributed by atoms with van der Waals surface area (Å²) < 4.78 is 42.9. The molecule has 0 atom stereocenters. The maximum Gasteiger partial charge on any atom is 0.416 e. The van der Waals surface area contributed by atoms with Crippen molar-refractivity contribution < 1.29 is 17.9 Å². The van der Waals surface area contributed by atoms with E-state index in [4.69, 9.17) is 4.74 Å². The summed E-state index contributed by atoms with van der Waals surface area (Å²) in [5.74, 6) is 0.235. The molecule has 114 valence electrons. The van der Waals surface area contributed by atoms with Gasteiger partial charge < -0.3 is 10.1 Å². The molecule has 1 aromatic carbocycles. The summed E-state index contributed by atoms with van der Waals surface area (Å²) in [7, 11) is 0. The molecule has 6 heteroatoms. The number of hydrogen-bond acceptors (Lipinski definition) is 3. The summed E-state index contributed by atoms with van der Waals surface area (Å²) in [5, 5.41) is 5.24. The number of rotatable bonds is 6. The van der Waals surface area contributed by atoms with Crippen LogP contribution < -0.4 is 10.1 Å². The Labute approximate surface area is 125 Å². The number of hydrogen-bond donors (Lipinski definition) is 1. The van der Waals surface area contributed by atoms with E-state index in [1.54, 1.807) is 11.3 Å². The normalized spacial score (nSPS) is 11.6. The largest absolute Gasteiger partial charge is 0.492 e. The van der Waals surface area contributed by atoms with Crippen LogP contribution in [0.3, 0.4) is 0 Å². The first-order valence-electron chi connectivity index (χ1n) is 6.50. The number of benzene rings is 1. The van der Waals surface area contributed by atoms with E-state index in [-0.39, 0.29) is 5.75 Å². The minimum absolute atomic E-state index is 0.235. The molecular formula is C15H16F3NOS. The van der Waals surface area contributed by atoms with E-state index in [0.29, 0.717) is 13.2 Å². The average Bonchev–Trinajstić information content (AvgIpc) is 2.83. The highest BCUT2D eigenvalue weighted by Crippen LogP contribution is 2.31. The molecule has 0 aliphatic heterocycles. The second-order valence-corrected chi connectivity index (χ2v) is 5.58. The Balaban J connectivity index is 1.75. The van der Waals surface area contributed by atoms with Crippen LogP contribution in [0.25, 0.3) is 0 Å². The Morgan fingerprint density at radius 3 is 2.71 bits per heavy atom. The minimum atomic E-state index is -4.34. The zero-order valence-electron chi connectivity index (χ0n) is 11.5. The van der Waals surface area contributed by atoms with E-state index in [1.807, 2.05) is 12.3 Å². The van der Waals surface area contributed by atoms with Gasteiger partial charge in [0.2, 0.25) is 0 Å². The van der Waals surface area contributed by atoms with Crippen molar-refractivity contribution in [2.24, 2.45) is 0 Å². The van der Waals surface area contributed by atoms with Crippen molar-refractivity contribution >= 4 is 11.3 Å². The van der Waals surface area contributed by atoms with Gasteiger partial charge in [-0.25, -0.2) is 0 Å². The van der Waals surface area contributed by atoms with E-state index in [2.05, 4.69) is 11.4 Å². The Hall–Kier alpha value is -1.53. The quantitative estimate of drug-likeness (QED) is 0.805. The van der Waals surface area contributed by atoms with Crippen LogP contribution in [0.15, 0.2) is 35.7 Å². The molecule has 0 aliphatic rings. The lowest BCUT2D eigenvalue weighted by Gasteiger charge is -2.10. The number of thiophene rings is 1. The Bertz CT molecular complexity index is 580. The third kappa shape index (κ3) is 4.75. The van der Waals surface area contributed by atoms with Crippen LogP contribution in [0.5, 0.6) is 5.75 Å². The molecule has 0 amide bonds. The van der Waals surface area contributed by atoms with Gasteiger partial charge in [-0.3, -0.25) is 0 Å². The van der Waals surface area contributed by atoms with E-state index in [0.717, 1.165) is 18.7 Å². The van der Waals surface area contributed by atoms with Gasteiger partial charge in [-0.05, 0) is 42.1 Å². The van der Waals surface area contributed by atoms with Crippen molar-refractivity contribution in [1.29, 1.82) is 0 Å². The molecule has 1 aromatic heterocycles. The number of alkyl halides is 3. The molecule has 1 heterocycles. The molecule has 0 fully saturated rings. The summed E-state index contributed by atoms with van der Waals surface area (Å²) >= 11 is 1.68. The van der Waals surface area contributed by atoms with Gasteiger partial charge in [0.25, 0.3) is 0 Å². The molecule has 2 aromatic rings. The fourth-order valence-corrected chi connectivity index (χ4v) is 2.67. The van der Waals surface area contributed by atoms with Crippen LogP contribution in [-0.2, 0) is 12.7 Å². The number of nitrogens with one attached hydrogen (secondary N) is 1. The molecule has 0 aliphatic carbocycles. The first kappa shape index (κ1) is 15.9. The highest BCUT2D eigenvalue weighted by atomic mass is 32.1. The van der Waals surface area contributed by atoms with Crippen LogP contribution in [0, 0.1) is 6.92 Å². The molecule has 21 heavy (non-hydrogen) atoms. The fraction of sp³-hybridized carbons (Fsp3) is 0.333. The third-order valence-corrected chi connectivity index (χ3v) is 3.99. The summed E-state index contributed by atoms with van der Waals surface area (Å²) in [6.45, 7) is 3.70. The summed E-state index contributed by atoms with van der Waals surface area (Å²) in [6, 6.07) is 6.98. The van der Waals surface area contributed by atoms with Crippen molar-refractivity contribution in [3.8, 4) is 5.75 Å². The van der Waals surface area contributed by atoms with Gasteiger partial charge in [-0.15, -0.1) is 11.3 Å². The molecule has 0 radical (unpaired) electrons. The highest BCUT2D eigenvalue weighted by molar-refractivity contribution is 7.10. The van der Waals surface area contributed by atoms with E-state index < -0.39 is 11.7 Å². The molecule has 0 unspecified atom stereocenters. The van der Waals surface area contributed by atoms with Gasteiger partial charge in [0, 0.05) is 18.0 Å². The van der Waals surface area contributed by atoms with Crippen LogP contribution in [0.1, 0.15) is 16.0 Å². The minimum Gasteiger partial charge on any atom is -0.492 e. The van der Waals surface area contributed by atoms with Gasteiger partial charge >= 0.3 is 6.18 Å². The zero-order chi connectivity index (χ0) is 15.3. The molecule has 0 spiro atoms. The maximum absolute atomic E-state index is 12.5. The molecule has 2 nitrogen and oxygen atoms in total. The Morgan fingerprint density at radius 1 is 1.24 bits per heavy atom. The molecule has 1 N–H and O–H groups in total. The number of ether oxygens (including phenoxy) is 1. The molecular weight excluding hydrogens is 299 g/mol. The van der Waals surface area contributed by atoms with Gasteiger partial charge in [-0.2, -0.15) is 13.2 Å². The van der Waals surface area contributed by atoms with Gasteiger partial charge in [-0.1, -0.05) is 6.07 Å². The van der Waals surface area contributed by atoms with Gasteiger partial charge in [0.05, 0.1) is 5.56 Å². The third-order valence-electron chi connectivity index (χ3n) is 2.96. The van der Waals surface area contributed by atoms with Crippen LogP contribution in [0.2, 0.25) is 0 Å². The second-order valence-electron chi connectivity index (χ2n) is 4.58. The Morgan fingerprint density at radius 2 is 2.05 bits per heavy atom. The van der Waals surface area contributed by atoms with Crippen molar-refractivity contribution in [3.63, 3.8) is 0 Å². The predicted molar refractivity (Wildman–Crippen MR) is 77.7 cm³/mol. The number of halogens is 3. The maximum atomic E-state index is 12.5. The van der Waals surface area contributed by atoms with Crippen LogP contribution >= 0.6 is 11.3 Å². The molecule has 2 rings (SSSR count). The lowest BCUT2D eigenvalue weighted by Crippen LogP contribution is -2.20. The average molecular weight is 315 g/mol. The lowest BCUT2D eigenvalue weighted by molar-refractivity contribution is -0.137. The topological polar surface area (TPSA) is 21.3 Å². The van der Waals surface area contributed by atoms with E-state index in [1.165, 1.54) is 22.6 Å². The first-order chi connectivity index (χ1) is 9.97. The van der Waals surface area contributed by atoms with E-state index >= 15 is 0 Å². The standard InChI is InChI=1S/C15H16F3NOS/c1-11-5-8-21-14(11)10-19-6-7-20-13-4-2-3-12(9-13)15(16,17)18/h2-5,8-9,19H,6-7,10H2,1H3. The lowest BCUT2D eigenvalue weighted by atomic mass is 10.2. The predicted octanol–water partition coefficient (Wildman–Crippen LogP) is 4.24. The Kier molecular flexibility index (Phi) is 5.25. The fourth-order valence-electron chi connectivity index (χ4n) is 1.79. The second kappa shape index (κ2) is 6.95. The van der Waals surface area contributed by atoms with Gasteiger partial charge in [0.1, 0.15) is 12.4 Å². The van der Waals surface area contributed by atoms with Crippen molar-refractivity contribution in [2.45, 2.75) is 19.6 Å². The highest BCUT2D eigenvalue weighted by Gasteiger charge is 2.30. The van der Waals surface area contributed by atoms with E-state index in [9.17, 15) is 13.2 Å². The zero-order valence-corrected chi connectivity index (χ0v) is 12.4. The van der Waals surface area contributed by atoms with Crippen molar-refractivity contribution in [1.82, 2.24) is 5.32 Å². The first-order valence-corrected chi connectivity index (χ1v) is 7.38. The molecule has 0 saturated carbocycles. The monoisotopic (exact) mass is 315 g/mol. The van der Waals surface area contributed by atoms with Gasteiger partial charge in [0.15, 0.2) is 0 Å². The van der Waals surface area contributed by atoms with Crippen molar-refractivity contribution in [3.05, 3.63) is 51.7 Å². The van der Waals surface area contributed by atoms with Crippen molar-refractivity contribution in [2.75, 3.05) is 13.2 Å². The summed E-state index contributed by atoms with van der Waals surface area (Å²) in [6.07, 6.45) is -4.34. The summed E-state index contributed by atoms with van der Waals surface area (Å²) in [4.78, 5) is 1.26. The SMILES string of the molecule is Cc1ccsc1CNCCOc1cccc(C(F)(F)F)c1. The molecule has 0 saturated heterocycles. The number of aryl methyl sites for hydroxylation is 1.